The van der Waals surface area contributed by atoms with Crippen molar-refractivity contribution in [1.29, 1.82) is 0 Å². The highest BCUT2D eigenvalue weighted by molar-refractivity contribution is 5.96. The van der Waals surface area contributed by atoms with Gasteiger partial charge in [-0.2, -0.15) is 0 Å². The van der Waals surface area contributed by atoms with Crippen molar-refractivity contribution in [2.24, 2.45) is 0 Å². The first-order valence-electron chi connectivity index (χ1n) is 6.61. The number of aliphatic carboxylic acids is 1. The number of hydrogen-bond acceptors (Lipinski definition) is 2. The van der Waals surface area contributed by atoms with Crippen LogP contribution < -0.4 is 0 Å². The molecular weight excluding hydrogens is 242 g/mol. The van der Waals surface area contributed by atoms with Gasteiger partial charge in [0.05, 0.1) is 0 Å². The van der Waals surface area contributed by atoms with Crippen LogP contribution in [0.1, 0.15) is 48.5 Å². The molecule has 0 radical (unpaired) electrons. The molecule has 1 aliphatic rings. The molecule has 4 heteroatoms. The van der Waals surface area contributed by atoms with Crippen molar-refractivity contribution >= 4 is 11.9 Å². The number of carbonyl (C=O) groups excluding carboxylic acids is 1. The van der Waals surface area contributed by atoms with Crippen molar-refractivity contribution < 1.29 is 14.7 Å². The summed E-state index contributed by atoms with van der Waals surface area (Å²) in [6, 6.07) is 7.55. The minimum Gasteiger partial charge on any atom is -0.480 e. The van der Waals surface area contributed by atoms with Crippen LogP contribution in [-0.4, -0.2) is 34.5 Å². The Morgan fingerprint density at radius 2 is 1.84 bits per heavy atom. The zero-order chi connectivity index (χ0) is 14.0. The highest BCUT2D eigenvalue weighted by Crippen LogP contribution is 2.28. The van der Waals surface area contributed by atoms with E-state index in [1.165, 1.54) is 10.5 Å². The van der Waals surface area contributed by atoms with Crippen LogP contribution in [0.15, 0.2) is 24.3 Å². The first kappa shape index (κ1) is 13.6. The number of carboxylic acid groups (broad SMARTS) is 1. The van der Waals surface area contributed by atoms with Crippen LogP contribution in [0.25, 0.3) is 0 Å². The maximum absolute atomic E-state index is 12.3. The van der Waals surface area contributed by atoms with Gasteiger partial charge in [-0.25, -0.2) is 0 Å². The van der Waals surface area contributed by atoms with Crippen molar-refractivity contribution in [3.05, 3.63) is 35.4 Å². The van der Waals surface area contributed by atoms with E-state index in [9.17, 15) is 9.59 Å². The molecule has 0 aliphatic heterocycles. The fourth-order valence-corrected chi connectivity index (χ4v) is 2.08. The molecule has 0 heterocycles. The summed E-state index contributed by atoms with van der Waals surface area (Å²) in [7, 11) is 0. The molecule has 1 saturated carbocycles. The largest absolute Gasteiger partial charge is 0.480 e. The van der Waals surface area contributed by atoms with Crippen LogP contribution in [0.5, 0.6) is 0 Å². The van der Waals surface area contributed by atoms with Crippen LogP contribution in [0.2, 0.25) is 0 Å². The SMILES string of the molecule is CC(C)c1ccc(C(=O)N(CC(=O)O)C2CC2)cc1. The monoisotopic (exact) mass is 261 g/mol. The number of amides is 1. The van der Waals surface area contributed by atoms with E-state index >= 15 is 0 Å². The zero-order valence-electron chi connectivity index (χ0n) is 11.3. The molecule has 0 atom stereocenters. The van der Waals surface area contributed by atoms with E-state index < -0.39 is 5.97 Å². The van der Waals surface area contributed by atoms with Gasteiger partial charge >= 0.3 is 5.97 Å². The average Bonchev–Trinajstić information content (AvgIpc) is 3.19. The van der Waals surface area contributed by atoms with Crippen LogP contribution in [-0.2, 0) is 4.79 Å². The molecule has 1 aromatic carbocycles. The Morgan fingerprint density at radius 1 is 1.26 bits per heavy atom. The van der Waals surface area contributed by atoms with Gasteiger partial charge in [-0.15, -0.1) is 0 Å². The molecule has 0 spiro atoms. The molecule has 102 valence electrons. The van der Waals surface area contributed by atoms with Gasteiger partial charge in [0.15, 0.2) is 0 Å². The number of carbonyl (C=O) groups is 2. The second kappa shape index (κ2) is 5.43. The van der Waals surface area contributed by atoms with Crippen molar-refractivity contribution in [3.8, 4) is 0 Å². The van der Waals surface area contributed by atoms with Gasteiger partial charge < -0.3 is 10.0 Å². The molecule has 0 aromatic heterocycles. The van der Waals surface area contributed by atoms with E-state index in [1.54, 1.807) is 12.1 Å². The second-order valence-electron chi connectivity index (χ2n) is 5.33. The quantitative estimate of drug-likeness (QED) is 0.886. The van der Waals surface area contributed by atoms with Crippen LogP contribution >= 0.6 is 0 Å². The number of carboxylic acids is 1. The average molecular weight is 261 g/mol. The normalized spacial score (nSPS) is 14.5. The molecule has 1 fully saturated rings. The Kier molecular flexibility index (Phi) is 3.88. The summed E-state index contributed by atoms with van der Waals surface area (Å²) < 4.78 is 0. The molecule has 0 bridgehead atoms. The molecule has 4 nitrogen and oxygen atoms in total. The number of rotatable bonds is 5. The fourth-order valence-electron chi connectivity index (χ4n) is 2.08. The minimum absolute atomic E-state index is 0.105. The maximum atomic E-state index is 12.3. The third-order valence-corrected chi connectivity index (χ3v) is 3.38. The van der Waals surface area contributed by atoms with Crippen LogP contribution in [0, 0.1) is 0 Å². The van der Waals surface area contributed by atoms with Crippen molar-refractivity contribution in [2.75, 3.05) is 6.54 Å². The molecule has 1 amide bonds. The summed E-state index contributed by atoms with van der Waals surface area (Å²) >= 11 is 0. The molecule has 2 rings (SSSR count). The van der Waals surface area contributed by atoms with E-state index in [1.807, 2.05) is 12.1 Å². The lowest BCUT2D eigenvalue weighted by Crippen LogP contribution is -2.37. The lowest BCUT2D eigenvalue weighted by atomic mass is 10.0. The van der Waals surface area contributed by atoms with Crippen molar-refractivity contribution in [2.45, 2.75) is 38.6 Å². The van der Waals surface area contributed by atoms with E-state index in [2.05, 4.69) is 13.8 Å². The Balaban J connectivity index is 2.14. The lowest BCUT2D eigenvalue weighted by Gasteiger charge is -2.20. The van der Waals surface area contributed by atoms with E-state index in [0.717, 1.165) is 12.8 Å². The smallest absolute Gasteiger partial charge is 0.323 e. The van der Waals surface area contributed by atoms with Gasteiger partial charge in [-0.1, -0.05) is 26.0 Å². The van der Waals surface area contributed by atoms with E-state index in [-0.39, 0.29) is 18.5 Å². The Bertz CT molecular complexity index is 475. The lowest BCUT2D eigenvalue weighted by molar-refractivity contribution is -0.137. The third-order valence-electron chi connectivity index (χ3n) is 3.38. The summed E-state index contributed by atoms with van der Waals surface area (Å²) in [5, 5.41) is 8.88. The van der Waals surface area contributed by atoms with Crippen LogP contribution in [0.4, 0.5) is 0 Å². The summed E-state index contributed by atoms with van der Waals surface area (Å²) in [5.74, 6) is -0.720. The first-order chi connectivity index (χ1) is 8.99. The zero-order valence-corrected chi connectivity index (χ0v) is 11.3. The van der Waals surface area contributed by atoms with Gasteiger partial charge in [0.25, 0.3) is 5.91 Å². The van der Waals surface area contributed by atoms with E-state index in [0.29, 0.717) is 11.5 Å². The maximum Gasteiger partial charge on any atom is 0.323 e. The molecule has 19 heavy (non-hydrogen) atoms. The molecule has 1 aliphatic carbocycles. The van der Waals surface area contributed by atoms with Crippen LogP contribution in [0.3, 0.4) is 0 Å². The minimum atomic E-state index is -0.959. The number of benzene rings is 1. The Morgan fingerprint density at radius 3 is 2.26 bits per heavy atom. The molecule has 0 saturated heterocycles. The Labute approximate surface area is 113 Å². The van der Waals surface area contributed by atoms with E-state index in [4.69, 9.17) is 5.11 Å². The third kappa shape index (κ3) is 3.34. The highest BCUT2D eigenvalue weighted by atomic mass is 16.4. The Hall–Kier alpha value is -1.84. The van der Waals surface area contributed by atoms with Gasteiger partial charge in [0, 0.05) is 11.6 Å². The molecular formula is C15H19NO3. The second-order valence-corrected chi connectivity index (χ2v) is 5.33. The van der Waals surface area contributed by atoms with Gasteiger partial charge in [-0.05, 0) is 36.5 Å². The predicted molar refractivity (Wildman–Crippen MR) is 72.2 cm³/mol. The van der Waals surface area contributed by atoms with Crippen molar-refractivity contribution in [3.63, 3.8) is 0 Å². The highest BCUT2D eigenvalue weighted by Gasteiger charge is 2.34. The number of nitrogens with zero attached hydrogens (tertiary/aromatic N) is 1. The standard InChI is InChI=1S/C15H19NO3/c1-10(2)11-3-5-12(6-4-11)15(19)16(9-14(17)18)13-7-8-13/h3-6,10,13H,7-9H2,1-2H3,(H,17,18). The fraction of sp³-hybridized carbons (Fsp3) is 0.467. The van der Waals surface area contributed by atoms with Gasteiger partial charge in [0.1, 0.15) is 6.54 Å². The first-order valence-corrected chi connectivity index (χ1v) is 6.61. The summed E-state index contributed by atoms with van der Waals surface area (Å²) in [6.07, 6.45) is 1.81. The summed E-state index contributed by atoms with van der Waals surface area (Å²) in [5.41, 5.74) is 1.74. The molecule has 1 N–H and O–H groups in total. The van der Waals surface area contributed by atoms with Crippen molar-refractivity contribution in [1.82, 2.24) is 4.90 Å². The summed E-state index contributed by atoms with van der Waals surface area (Å²) in [6.45, 7) is 3.98. The van der Waals surface area contributed by atoms with Gasteiger partial charge in [0.2, 0.25) is 0 Å². The molecule has 0 unspecified atom stereocenters. The topological polar surface area (TPSA) is 57.6 Å². The van der Waals surface area contributed by atoms with Gasteiger partial charge in [-0.3, -0.25) is 9.59 Å². The predicted octanol–water partition coefficient (Wildman–Crippen LogP) is 2.50. The number of hydrogen-bond donors (Lipinski definition) is 1. The molecule has 1 aromatic rings. The summed E-state index contributed by atoms with van der Waals surface area (Å²) in [4.78, 5) is 24.6.